The largest absolute Gasteiger partial charge is 0.243 e. The number of sulfonamides is 1. The molecule has 3 rings (SSSR count). The number of halogens is 1. The second kappa shape index (κ2) is 7.78. The van der Waals surface area contributed by atoms with Gasteiger partial charge in [-0.1, -0.05) is 31.5 Å². The molecule has 1 aliphatic heterocycles. The summed E-state index contributed by atoms with van der Waals surface area (Å²) in [5.74, 6) is 0.527. The molecule has 2 aromatic carbocycles. The fraction of sp³-hybridized carbons (Fsp3) is 0.400. The molecule has 1 aliphatic rings. The highest BCUT2D eigenvalue weighted by Crippen LogP contribution is 2.31. The number of hydrogen-bond donors (Lipinski definition) is 0. The van der Waals surface area contributed by atoms with E-state index in [2.05, 4.69) is 0 Å². The van der Waals surface area contributed by atoms with Crippen LogP contribution in [0.1, 0.15) is 25.8 Å². The number of benzene rings is 2. The number of nitrogens with zero attached hydrogens (tertiary/aromatic N) is 1. The van der Waals surface area contributed by atoms with Crippen LogP contribution in [-0.2, 0) is 19.9 Å². The lowest BCUT2D eigenvalue weighted by atomic mass is 9.94. The lowest BCUT2D eigenvalue weighted by Crippen LogP contribution is -2.42. The van der Waals surface area contributed by atoms with Crippen molar-refractivity contribution in [3.63, 3.8) is 0 Å². The normalized spacial score (nSPS) is 21.6. The zero-order chi connectivity index (χ0) is 20.7. The Hall–Kier alpha value is -1.41. The summed E-state index contributed by atoms with van der Waals surface area (Å²) in [7, 11) is -7.63. The van der Waals surface area contributed by atoms with E-state index in [0.717, 1.165) is 6.42 Å². The average Bonchev–Trinajstić information content (AvgIpc) is 2.61. The monoisotopic (exact) mass is 441 g/mol. The molecule has 0 aromatic heterocycles. The van der Waals surface area contributed by atoms with Crippen LogP contribution in [0.15, 0.2) is 57.2 Å². The summed E-state index contributed by atoms with van der Waals surface area (Å²) >= 11 is 5.84. The van der Waals surface area contributed by atoms with Gasteiger partial charge >= 0.3 is 0 Å². The molecule has 0 aliphatic carbocycles. The third-order valence-corrected chi connectivity index (χ3v) is 9.04. The summed E-state index contributed by atoms with van der Waals surface area (Å²) in [5, 5.41) is 0.430. The summed E-state index contributed by atoms with van der Waals surface area (Å²) in [6.07, 6.45) is 0.982. The molecule has 0 spiro atoms. The highest BCUT2D eigenvalue weighted by Gasteiger charge is 2.33. The van der Waals surface area contributed by atoms with Crippen LogP contribution in [0.4, 0.5) is 0 Å². The first kappa shape index (κ1) is 21.3. The molecule has 28 heavy (non-hydrogen) atoms. The van der Waals surface area contributed by atoms with Crippen molar-refractivity contribution >= 4 is 31.5 Å². The Morgan fingerprint density at radius 2 is 1.43 bits per heavy atom. The Labute approximate surface area is 172 Å². The molecule has 2 aromatic rings. The Morgan fingerprint density at radius 1 is 0.893 bits per heavy atom. The molecule has 5 nitrogen and oxygen atoms in total. The quantitative estimate of drug-likeness (QED) is 0.714. The van der Waals surface area contributed by atoms with Gasteiger partial charge in [0.2, 0.25) is 19.9 Å². The highest BCUT2D eigenvalue weighted by molar-refractivity contribution is 7.91. The van der Waals surface area contributed by atoms with Gasteiger partial charge in [-0.25, -0.2) is 16.8 Å². The SMILES string of the molecule is Cc1ccc(S(=O)(=O)c2ccc(Cl)cc2)cc1S(=O)(=O)N1CC(C)CC(C)C1. The van der Waals surface area contributed by atoms with E-state index in [1.54, 1.807) is 13.0 Å². The third kappa shape index (κ3) is 4.13. The average molecular weight is 442 g/mol. The summed E-state index contributed by atoms with van der Waals surface area (Å²) < 4.78 is 54.0. The van der Waals surface area contributed by atoms with Crippen molar-refractivity contribution in [2.24, 2.45) is 11.8 Å². The molecule has 0 bridgehead atoms. The number of sulfone groups is 1. The molecule has 1 saturated heterocycles. The molecule has 0 saturated carbocycles. The minimum atomic E-state index is -3.85. The van der Waals surface area contributed by atoms with Gasteiger partial charge in [0.25, 0.3) is 0 Å². The second-order valence-corrected chi connectivity index (χ2v) is 11.9. The van der Waals surface area contributed by atoms with Crippen LogP contribution in [-0.4, -0.2) is 34.2 Å². The van der Waals surface area contributed by atoms with Crippen molar-refractivity contribution in [1.29, 1.82) is 0 Å². The van der Waals surface area contributed by atoms with Gasteiger partial charge < -0.3 is 0 Å². The van der Waals surface area contributed by atoms with E-state index in [9.17, 15) is 16.8 Å². The zero-order valence-electron chi connectivity index (χ0n) is 16.1. The zero-order valence-corrected chi connectivity index (χ0v) is 18.5. The molecule has 0 amide bonds. The predicted molar refractivity (Wildman–Crippen MR) is 110 cm³/mol. The van der Waals surface area contributed by atoms with Crippen molar-refractivity contribution in [2.45, 2.75) is 41.9 Å². The molecule has 152 valence electrons. The summed E-state index contributed by atoms with van der Waals surface area (Å²) in [6.45, 7) is 6.64. The lowest BCUT2D eigenvalue weighted by molar-refractivity contribution is 0.222. The number of hydrogen-bond acceptors (Lipinski definition) is 4. The van der Waals surface area contributed by atoms with Gasteiger partial charge in [0.1, 0.15) is 0 Å². The maximum Gasteiger partial charge on any atom is 0.243 e. The van der Waals surface area contributed by atoms with Gasteiger partial charge in [0.15, 0.2) is 0 Å². The Morgan fingerprint density at radius 3 is 2.00 bits per heavy atom. The summed E-state index contributed by atoms with van der Waals surface area (Å²) in [4.78, 5) is 0.0743. The van der Waals surface area contributed by atoms with Crippen LogP contribution >= 0.6 is 11.6 Å². The van der Waals surface area contributed by atoms with E-state index in [1.807, 2.05) is 13.8 Å². The van der Waals surface area contributed by atoms with E-state index < -0.39 is 19.9 Å². The molecule has 0 radical (unpaired) electrons. The van der Waals surface area contributed by atoms with E-state index in [-0.39, 0.29) is 26.5 Å². The Kier molecular flexibility index (Phi) is 5.92. The first-order valence-electron chi connectivity index (χ1n) is 9.13. The van der Waals surface area contributed by atoms with Crippen molar-refractivity contribution in [1.82, 2.24) is 4.31 Å². The molecule has 1 heterocycles. The fourth-order valence-electron chi connectivity index (χ4n) is 3.72. The number of aryl methyl sites for hydroxylation is 1. The van der Waals surface area contributed by atoms with Crippen LogP contribution in [0.25, 0.3) is 0 Å². The first-order valence-corrected chi connectivity index (χ1v) is 12.4. The van der Waals surface area contributed by atoms with Crippen molar-refractivity contribution in [2.75, 3.05) is 13.1 Å². The topological polar surface area (TPSA) is 71.5 Å². The van der Waals surface area contributed by atoms with Crippen molar-refractivity contribution in [3.8, 4) is 0 Å². The smallest absolute Gasteiger partial charge is 0.219 e. The van der Waals surface area contributed by atoms with Gasteiger partial charge in [-0.15, -0.1) is 0 Å². The van der Waals surface area contributed by atoms with Gasteiger partial charge in [-0.05, 0) is 67.1 Å². The van der Waals surface area contributed by atoms with Crippen LogP contribution in [0, 0.1) is 18.8 Å². The third-order valence-electron chi connectivity index (χ3n) is 5.05. The summed E-state index contributed by atoms with van der Waals surface area (Å²) in [6, 6.07) is 10.1. The minimum absolute atomic E-state index is 0.0443. The Bertz CT molecular complexity index is 1070. The first-order chi connectivity index (χ1) is 13.0. The Balaban J connectivity index is 2.05. The van der Waals surface area contributed by atoms with E-state index in [1.165, 1.54) is 40.7 Å². The van der Waals surface area contributed by atoms with Crippen molar-refractivity contribution in [3.05, 3.63) is 53.1 Å². The van der Waals surface area contributed by atoms with Crippen LogP contribution in [0.3, 0.4) is 0 Å². The van der Waals surface area contributed by atoms with E-state index in [4.69, 9.17) is 11.6 Å². The van der Waals surface area contributed by atoms with Gasteiger partial charge in [0, 0.05) is 18.1 Å². The van der Waals surface area contributed by atoms with E-state index in [0.29, 0.717) is 23.7 Å². The van der Waals surface area contributed by atoms with Gasteiger partial charge in [-0.3, -0.25) is 0 Å². The standard InChI is InChI=1S/C20H24ClNO4S2/c1-14-10-15(2)13-22(12-14)28(25,26)20-11-19(7-4-16(20)3)27(23,24)18-8-5-17(21)6-9-18/h4-9,11,14-15H,10,12-13H2,1-3H3. The van der Waals surface area contributed by atoms with Gasteiger partial charge in [0.05, 0.1) is 14.7 Å². The molecule has 8 heteroatoms. The molecule has 0 N–H and O–H groups in total. The minimum Gasteiger partial charge on any atom is -0.219 e. The van der Waals surface area contributed by atoms with Gasteiger partial charge in [-0.2, -0.15) is 4.31 Å². The second-order valence-electron chi connectivity index (χ2n) is 7.65. The molecular weight excluding hydrogens is 418 g/mol. The van der Waals surface area contributed by atoms with Crippen LogP contribution in [0.2, 0.25) is 5.02 Å². The lowest BCUT2D eigenvalue weighted by Gasteiger charge is -2.34. The van der Waals surface area contributed by atoms with Crippen LogP contribution < -0.4 is 0 Å². The molecule has 2 atom stereocenters. The highest BCUT2D eigenvalue weighted by atomic mass is 35.5. The molecule has 1 fully saturated rings. The number of piperidine rings is 1. The number of rotatable bonds is 4. The maximum atomic E-state index is 13.3. The molecule has 2 unspecified atom stereocenters. The van der Waals surface area contributed by atoms with E-state index >= 15 is 0 Å². The molecular formula is C20H24ClNO4S2. The summed E-state index contributed by atoms with van der Waals surface area (Å²) in [5.41, 5.74) is 0.529. The predicted octanol–water partition coefficient (Wildman–Crippen LogP) is 4.15. The fourth-order valence-corrected chi connectivity index (χ4v) is 7.13. The van der Waals surface area contributed by atoms with Crippen molar-refractivity contribution < 1.29 is 16.8 Å². The van der Waals surface area contributed by atoms with Crippen LogP contribution in [0.5, 0.6) is 0 Å². The maximum absolute atomic E-state index is 13.3.